The average Bonchev–Trinajstić information content (AvgIpc) is 3.07. The molecule has 0 bridgehead atoms. The van der Waals surface area contributed by atoms with Crippen molar-refractivity contribution in [2.24, 2.45) is 17.1 Å². The van der Waals surface area contributed by atoms with Gasteiger partial charge < -0.3 is 15.2 Å². The minimum atomic E-state index is 0.301. The van der Waals surface area contributed by atoms with Crippen LogP contribution >= 0.6 is 0 Å². The Balaban J connectivity index is 1.54. The first-order chi connectivity index (χ1) is 12.7. The van der Waals surface area contributed by atoms with E-state index in [-0.39, 0.29) is 0 Å². The molecule has 1 aromatic carbocycles. The molecule has 0 amide bonds. The van der Waals surface area contributed by atoms with Crippen molar-refractivity contribution in [2.75, 3.05) is 24.5 Å². The van der Waals surface area contributed by atoms with Crippen LogP contribution in [0.4, 0.5) is 5.95 Å². The summed E-state index contributed by atoms with van der Waals surface area (Å²) in [5.74, 6) is 1.70. The van der Waals surface area contributed by atoms with E-state index in [1.807, 2.05) is 24.3 Å². The maximum atomic E-state index is 8.97. The van der Waals surface area contributed by atoms with Crippen LogP contribution in [0.1, 0.15) is 17.7 Å². The van der Waals surface area contributed by atoms with Gasteiger partial charge >= 0.3 is 0 Å². The average molecular weight is 344 g/mol. The van der Waals surface area contributed by atoms with Crippen molar-refractivity contribution in [3.05, 3.63) is 53.9 Å². The standard InChI is InChI=1S/C20H20N6/c21-8-14-5-6-16(23-9-14)11-26-18-4-2-1-3-17(18)24-19(26)25-10-15-7-20(15,12-22)13-25/h1-6,9,15H,7,10-13,22H2/t15-,20-/m1/s1. The number of fused-ring (bicyclic) bond motifs is 2. The number of piperidine rings is 1. The van der Waals surface area contributed by atoms with Crippen LogP contribution in [0.25, 0.3) is 11.0 Å². The third-order valence-corrected chi connectivity index (χ3v) is 5.90. The van der Waals surface area contributed by atoms with Crippen molar-refractivity contribution < 1.29 is 0 Å². The molecule has 3 aromatic rings. The molecular weight excluding hydrogens is 324 g/mol. The number of nitriles is 1. The number of pyridine rings is 1. The second kappa shape index (κ2) is 5.55. The molecule has 1 saturated heterocycles. The van der Waals surface area contributed by atoms with E-state index in [0.717, 1.165) is 42.3 Å². The first kappa shape index (κ1) is 15.4. The van der Waals surface area contributed by atoms with E-state index < -0.39 is 0 Å². The molecule has 6 nitrogen and oxygen atoms in total. The van der Waals surface area contributed by atoms with Gasteiger partial charge in [-0.2, -0.15) is 5.26 Å². The van der Waals surface area contributed by atoms with E-state index in [1.165, 1.54) is 6.42 Å². The van der Waals surface area contributed by atoms with Gasteiger partial charge in [-0.1, -0.05) is 12.1 Å². The smallest absolute Gasteiger partial charge is 0.206 e. The molecule has 130 valence electrons. The molecule has 5 rings (SSSR count). The summed E-state index contributed by atoms with van der Waals surface area (Å²) in [5.41, 5.74) is 9.93. The molecule has 2 aliphatic rings. The van der Waals surface area contributed by atoms with Crippen molar-refractivity contribution >= 4 is 17.0 Å². The molecule has 2 N–H and O–H groups in total. The quantitative estimate of drug-likeness (QED) is 0.784. The van der Waals surface area contributed by atoms with Crippen molar-refractivity contribution in [2.45, 2.75) is 13.0 Å². The molecule has 26 heavy (non-hydrogen) atoms. The van der Waals surface area contributed by atoms with E-state index in [9.17, 15) is 0 Å². The van der Waals surface area contributed by atoms with Crippen LogP contribution in [0.15, 0.2) is 42.6 Å². The molecule has 3 heterocycles. The van der Waals surface area contributed by atoms with Crippen molar-refractivity contribution in [1.29, 1.82) is 5.26 Å². The van der Waals surface area contributed by atoms with Crippen LogP contribution in [0.3, 0.4) is 0 Å². The van der Waals surface area contributed by atoms with Crippen LogP contribution in [-0.2, 0) is 6.54 Å². The molecule has 2 atom stereocenters. The van der Waals surface area contributed by atoms with Crippen LogP contribution < -0.4 is 10.6 Å². The highest BCUT2D eigenvalue weighted by Gasteiger charge is 2.59. The van der Waals surface area contributed by atoms with Gasteiger partial charge in [0, 0.05) is 24.7 Å². The van der Waals surface area contributed by atoms with Gasteiger partial charge in [-0.15, -0.1) is 0 Å². The number of nitrogens with zero attached hydrogens (tertiary/aromatic N) is 5. The molecule has 0 unspecified atom stereocenters. The Morgan fingerprint density at radius 2 is 2.15 bits per heavy atom. The lowest BCUT2D eigenvalue weighted by Crippen LogP contribution is -2.30. The van der Waals surface area contributed by atoms with E-state index in [4.69, 9.17) is 16.0 Å². The predicted octanol–water partition coefficient (Wildman–Crippen LogP) is 2.14. The number of aromatic nitrogens is 3. The highest BCUT2D eigenvalue weighted by Crippen LogP contribution is 2.57. The number of imidazole rings is 1. The first-order valence-electron chi connectivity index (χ1n) is 8.98. The fourth-order valence-electron chi connectivity index (χ4n) is 4.27. The SMILES string of the molecule is N#Cc1ccc(Cn2c(N3C[C@H]4C[C@@]4(CN)C3)nc3ccccc32)nc1. The zero-order chi connectivity index (χ0) is 17.7. The van der Waals surface area contributed by atoms with Crippen LogP contribution in [0.5, 0.6) is 0 Å². The Labute approximate surface area is 151 Å². The molecule has 1 saturated carbocycles. The lowest BCUT2D eigenvalue weighted by Gasteiger charge is -2.22. The number of rotatable bonds is 4. The number of anilines is 1. The number of nitrogens with two attached hydrogens (primary N) is 1. The molecule has 0 radical (unpaired) electrons. The third-order valence-electron chi connectivity index (χ3n) is 5.90. The van der Waals surface area contributed by atoms with Crippen molar-refractivity contribution in [3.63, 3.8) is 0 Å². The maximum Gasteiger partial charge on any atom is 0.206 e. The number of benzene rings is 1. The normalized spacial score (nSPS) is 23.8. The molecule has 1 aliphatic heterocycles. The minimum absolute atomic E-state index is 0.301. The zero-order valence-corrected chi connectivity index (χ0v) is 14.5. The van der Waals surface area contributed by atoms with Gasteiger partial charge in [-0.05, 0) is 43.1 Å². The predicted molar refractivity (Wildman–Crippen MR) is 99.6 cm³/mol. The number of hydrogen-bond acceptors (Lipinski definition) is 5. The van der Waals surface area contributed by atoms with E-state index in [0.29, 0.717) is 23.4 Å². The van der Waals surface area contributed by atoms with Gasteiger partial charge in [-0.25, -0.2) is 4.98 Å². The van der Waals surface area contributed by atoms with Gasteiger partial charge in [0.2, 0.25) is 5.95 Å². The summed E-state index contributed by atoms with van der Waals surface area (Å²) >= 11 is 0. The molecule has 2 fully saturated rings. The summed E-state index contributed by atoms with van der Waals surface area (Å²) in [6.07, 6.45) is 2.87. The van der Waals surface area contributed by atoms with Crippen molar-refractivity contribution in [3.8, 4) is 6.07 Å². The molecule has 1 aliphatic carbocycles. The lowest BCUT2D eigenvalue weighted by molar-refractivity contribution is 0.540. The van der Waals surface area contributed by atoms with Crippen LogP contribution in [0, 0.1) is 22.7 Å². The van der Waals surface area contributed by atoms with E-state index in [2.05, 4.69) is 32.7 Å². The largest absolute Gasteiger partial charge is 0.341 e. The second-order valence-electron chi connectivity index (χ2n) is 7.48. The monoisotopic (exact) mass is 344 g/mol. The summed E-state index contributed by atoms with van der Waals surface area (Å²) in [7, 11) is 0. The summed E-state index contributed by atoms with van der Waals surface area (Å²) in [6.45, 7) is 3.41. The topological polar surface area (TPSA) is 83.8 Å². The Hall–Kier alpha value is -2.91. The number of para-hydroxylation sites is 2. The third kappa shape index (κ3) is 2.28. The minimum Gasteiger partial charge on any atom is -0.341 e. The van der Waals surface area contributed by atoms with Crippen molar-refractivity contribution in [1.82, 2.24) is 14.5 Å². The second-order valence-corrected chi connectivity index (χ2v) is 7.48. The van der Waals surface area contributed by atoms with Gasteiger partial charge in [0.05, 0.1) is 28.8 Å². The zero-order valence-electron chi connectivity index (χ0n) is 14.5. The van der Waals surface area contributed by atoms with Gasteiger partial charge in [0.1, 0.15) is 6.07 Å². The summed E-state index contributed by atoms with van der Waals surface area (Å²) in [5, 5.41) is 8.97. The Morgan fingerprint density at radius 1 is 1.27 bits per heavy atom. The fraction of sp³-hybridized carbons (Fsp3) is 0.350. The summed E-state index contributed by atoms with van der Waals surface area (Å²) in [4.78, 5) is 11.7. The Kier molecular flexibility index (Phi) is 3.28. The highest BCUT2D eigenvalue weighted by atomic mass is 15.3. The summed E-state index contributed by atoms with van der Waals surface area (Å²) in [6, 6.07) is 14.1. The first-order valence-corrected chi connectivity index (χ1v) is 8.98. The molecule has 6 heteroatoms. The summed E-state index contributed by atoms with van der Waals surface area (Å²) < 4.78 is 2.23. The molecular formula is C20H20N6. The van der Waals surface area contributed by atoms with Crippen LogP contribution in [-0.4, -0.2) is 34.2 Å². The van der Waals surface area contributed by atoms with E-state index in [1.54, 1.807) is 6.20 Å². The van der Waals surface area contributed by atoms with E-state index >= 15 is 0 Å². The Bertz CT molecular complexity index is 1010. The van der Waals surface area contributed by atoms with Gasteiger partial charge in [0.25, 0.3) is 0 Å². The highest BCUT2D eigenvalue weighted by molar-refractivity contribution is 5.79. The van der Waals surface area contributed by atoms with Gasteiger partial charge in [-0.3, -0.25) is 4.98 Å². The van der Waals surface area contributed by atoms with Crippen LogP contribution in [0.2, 0.25) is 0 Å². The Morgan fingerprint density at radius 3 is 2.88 bits per heavy atom. The fourth-order valence-corrected chi connectivity index (χ4v) is 4.27. The van der Waals surface area contributed by atoms with Gasteiger partial charge in [0.15, 0.2) is 0 Å². The molecule has 0 spiro atoms. The maximum absolute atomic E-state index is 8.97. The molecule has 2 aromatic heterocycles. The number of hydrogen-bond donors (Lipinski definition) is 1. The lowest BCUT2D eigenvalue weighted by atomic mass is 10.1.